The molecule has 2 atom stereocenters. The van der Waals surface area contributed by atoms with E-state index < -0.39 is 0 Å². The lowest BCUT2D eigenvalue weighted by Gasteiger charge is -2.16. The Bertz CT molecular complexity index is 624. The zero-order chi connectivity index (χ0) is 14.8. The van der Waals surface area contributed by atoms with E-state index in [1.807, 2.05) is 22.9 Å². The first-order chi connectivity index (χ1) is 10.2. The van der Waals surface area contributed by atoms with E-state index in [0.717, 1.165) is 34.6 Å². The SMILES string of the molecule is CC1CCCC(n2nnnc2-c2cccc(N)c2Br)CC1. The van der Waals surface area contributed by atoms with Crippen LogP contribution in [0.2, 0.25) is 0 Å². The predicted octanol–water partition coefficient (Wildman–Crippen LogP) is 3.83. The molecule has 2 unspecified atom stereocenters. The molecule has 0 aliphatic heterocycles. The van der Waals surface area contributed by atoms with Crippen LogP contribution < -0.4 is 5.73 Å². The van der Waals surface area contributed by atoms with Gasteiger partial charge in [0.1, 0.15) is 0 Å². The summed E-state index contributed by atoms with van der Waals surface area (Å²) < 4.78 is 2.85. The van der Waals surface area contributed by atoms with Crippen LogP contribution in [-0.2, 0) is 0 Å². The Balaban J connectivity index is 1.95. The molecular weight excluding hydrogens is 330 g/mol. The third kappa shape index (κ3) is 2.95. The normalized spacial score (nSPS) is 23.0. The van der Waals surface area contributed by atoms with Crippen LogP contribution in [-0.4, -0.2) is 20.2 Å². The smallest absolute Gasteiger partial charge is 0.183 e. The van der Waals surface area contributed by atoms with Gasteiger partial charge in [0.15, 0.2) is 5.82 Å². The molecule has 112 valence electrons. The van der Waals surface area contributed by atoms with Crippen molar-refractivity contribution in [1.29, 1.82) is 0 Å². The van der Waals surface area contributed by atoms with E-state index in [1.54, 1.807) is 0 Å². The fourth-order valence-electron chi connectivity index (χ4n) is 3.05. The number of nitrogens with zero attached hydrogens (tertiary/aromatic N) is 4. The molecule has 1 heterocycles. The second-order valence-electron chi connectivity index (χ2n) is 5.92. The molecule has 0 radical (unpaired) electrons. The van der Waals surface area contributed by atoms with E-state index in [9.17, 15) is 0 Å². The van der Waals surface area contributed by atoms with Crippen molar-refractivity contribution in [3.05, 3.63) is 22.7 Å². The largest absolute Gasteiger partial charge is 0.398 e. The summed E-state index contributed by atoms with van der Waals surface area (Å²) >= 11 is 3.55. The molecule has 21 heavy (non-hydrogen) atoms. The van der Waals surface area contributed by atoms with Crippen molar-refractivity contribution in [1.82, 2.24) is 20.2 Å². The van der Waals surface area contributed by atoms with Crippen LogP contribution in [0.1, 0.15) is 45.1 Å². The quantitative estimate of drug-likeness (QED) is 0.660. The van der Waals surface area contributed by atoms with Crippen molar-refractivity contribution >= 4 is 21.6 Å². The molecule has 0 saturated heterocycles. The minimum Gasteiger partial charge on any atom is -0.398 e. The molecule has 2 aromatic rings. The molecule has 0 spiro atoms. The first-order valence-electron chi connectivity index (χ1n) is 7.49. The highest BCUT2D eigenvalue weighted by atomic mass is 79.9. The first kappa shape index (κ1) is 14.5. The molecule has 1 aliphatic rings. The monoisotopic (exact) mass is 349 g/mol. The molecule has 1 fully saturated rings. The lowest BCUT2D eigenvalue weighted by atomic mass is 10.0. The fourth-order valence-corrected chi connectivity index (χ4v) is 3.49. The van der Waals surface area contributed by atoms with Crippen LogP contribution in [0.5, 0.6) is 0 Å². The number of hydrogen-bond donors (Lipinski definition) is 1. The number of tetrazole rings is 1. The van der Waals surface area contributed by atoms with Crippen molar-refractivity contribution in [3.8, 4) is 11.4 Å². The average molecular weight is 350 g/mol. The Morgan fingerprint density at radius 1 is 1.24 bits per heavy atom. The lowest BCUT2D eigenvalue weighted by Crippen LogP contribution is -2.12. The molecule has 5 nitrogen and oxygen atoms in total. The van der Waals surface area contributed by atoms with Gasteiger partial charge >= 0.3 is 0 Å². The third-order valence-corrected chi connectivity index (χ3v) is 5.22. The Kier molecular flexibility index (Phi) is 4.24. The predicted molar refractivity (Wildman–Crippen MR) is 86.7 cm³/mol. The number of nitrogens with two attached hydrogens (primary N) is 1. The maximum absolute atomic E-state index is 5.97. The summed E-state index contributed by atoms with van der Waals surface area (Å²) in [6.07, 6.45) is 6.06. The highest BCUT2D eigenvalue weighted by molar-refractivity contribution is 9.10. The van der Waals surface area contributed by atoms with Crippen molar-refractivity contribution < 1.29 is 0 Å². The summed E-state index contributed by atoms with van der Waals surface area (Å²) in [5, 5.41) is 12.4. The van der Waals surface area contributed by atoms with E-state index in [1.165, 1.54) is 19.3 Å². The Morgan fingerprint density at radius 2 is 2.10 bits per heavy atom. The molecule has 0 bridgehead atoms. The van der Waals surface area contributed by atoms with Crippen molar-refractivity contribution in [3.63, 3.8) is 0 Å². The Labute approximate surface area is 133 Å². The summed E-state index contributed by atoms with van der Waals surface area (Å²) in [5.74, 6) is 1.60. The van der Waals surface area contributed by atoms with Gasteiger partial charge in [0.05, 0.1) is 10.5 Å². The van der Waals surface area contributed by atoms with Gasteiger partial charge in [-0.3, -0.25) is 0 Å². The maximum atomic E-state index is 5.97. The number of aromatic nitrogens is 4. The van der Waals surface area contributed by atoms with Gasteiger partial charge in [-0.2, -0.15) is 0 Å². The second-order valence-corrected chi connectivity index (χ2v) is 6.72. The van der Waals surface area contributed by atoms with Crippen LogP contribution in [0.3, 0.4) is 0 Å². The van der Waals surface area contributed by atoms with Gasteiger partial charge in [-0.05, 0) is 63.7 Å². The number of nitrogen functional groups attached to an aromatic ring is 1. The number of benzene rings is 1. The van der Waals surface area contributed by atoms with Gasteiger partial charge in [-0.1, -0.05) is 25.8 Å². The molecule has 0 amide bonds. The van der Waals surface area contributed by atoms with Crippen molar-refractivity contribution in [2.45, 2.75) is 45.1 Å². The van der Waals surface area contributed by atoms with Crippen LogP contribution in [0.15, 0.2) is 22.7 Å². The minimum absolute atomic E-state index is 0.383. The molecule has 1 saturated carbocycles. The molecule has 6 heteroatoms. The second kappa shape index (κ2) is 6.13. The molecule has 1 aliphatic carbocycles. The van der Waals surface area contributed by atoms with Crippen molar-refractivity contribution in [2.75, 3.05) is 5.73 Å². The minimum atomic E-state index is 0.383. The van der Waals surface area contributed by atoms with Crippen molar-refractivity contribution in [2.24, 2.45) is 5.92 Å². The van der Waals surface area contributed by atoms with Crippen LogP contribution in [0.25, 0.3) is 11.4 Å². The van der Waals surface area contributed by atoms with E-state index in [-0.39, 0.29) is 0 Å². The number of anilines is 1. The summed E-state index contributed by atoms with van der Waals surface area (Å²) in [4.78, 5) is 0. The zero-order valence-corrected chi connectivity index (χ0v) is 13.8. The van der Waals surface area contributed by atoms with Gasteiger partial charge in [-0.15, -0.1) is 5.10 Å². The molecule has 1 aromatic carbocycles. The Hall–Kier alpha value is -1.43. The number of rotatable bonds is 2. The van der Waals surface area contributed by atoms with Crippen LogP contribution in [0.4, 0.5) is 5.69 Å². The standard InChI is InChI=1S/C15H20BrN5/c1-10-4-2-5-11(9-8-10)21-15(18-19-20-21)12-6-3-7-13(17)14(12)16/h3,6-7,10-11H,2,4-5,8-9,17H2,1H3. The molecule has 2 N–H and O–H groups in total. The van der Waals surface area contributed by atoms with Crippen LogP contribution in [0, 0.1) is 5.92 Å². The maximum Gasteiger partial charge on any atom is 0.183 e. The zero-order valence-electron chi connectivity index (χ0n) is 12.2. The third-order valence-electron chi connectivity index (χ3n) is 4.34. The highest BCUT2D eigenvalue weighted by Crippen LogP contribution is 2.35. The van der Waals surface area contributed by atoms with E-state index in [0.29, 0.717) is 11.7 Å². The summed E-state index contributed by atoms with van der Waals surface area (Å²) in [7, 11) is 0. The molecule has 1 aromatic heterocycles. The van der Waals surface area contributed by atoms with Gasteiger partial charge in [0.2, 0.25) is 0 Å². The molecule has 3 rings (SSSR count). The summed E-state index contributed by atoms with van der Waals surface area (Å²) in [6, 6.07) is 6.19. The lowest BCUT2D eigenvalue weighted by molar-refractivity contribution is 0.394. The molecular formula is C15H20BrN5. The Morgan fingerprint density at radius 3 is 2.95 bits per heavy atom. The van der Waals surface area contributed by atoms with Gasteiger partial charge < -0.3 is 5.73 Å². The average Bonchev–Trinajstić information content (AvgIpc) is 2.85. The van der Waals surface area contributed by atoms with E-state index >= 15 is 0 Å². The van der Waals surface area contributed by atoms with Crippen LogP contribution >= 0.6 is 15.9 Å². The fraction of sp³-hybridized carbons (Fsp3) is 0.533. The van der Waals surface area contributed by atoms with E-state index in [4.69, 9.17) is 5.73 Å². The van der Waals surface area contributed by atoms with Gasteiger partial charge in [0, 0.05) is 11.3 Å². The van der Waals surface area contributed by atoms with Gasteiger partial charge in [0.25, 0.3) is 0 Å². The van der Waals surface area contributed by atoms with E-state index in [2.05, 4.69) is 38.4 Å². The first-order valence-corrected chi connectivity index (χ1v) is 8.28. The topological polar surface area (TPSA) is 69.6 Å². The van der Waals surface area contributed by atoms with Gasteiger partial charge in [-0.25, -0.2) is 4.68 Å². The number of hydrogen-bond acceptors (Lipinski definition) is 4. The summed E-state index contributed by atoms with van der Waals surface area (Å²) in [5.41, 5.74) is 7.63. The summed E-state index contributed by atoms with van der Waals surface area (Å²) in [6.45, 7) is 2.33. The number of halogens is 1. The highest BCUT2D eigenvalue weighted by Gasteiger charge is 2.23.